The summed E-state index contributed by atoms with van der Waals surface area (Å²) in [5.74, 6) is 1.00. The van der Waals surface area contributed by atoms with E-state index in [1.54, 1.807) is 5.57 Å². The van der Waals surface area contributed by atoms with Crippen LogP contribution in [0.25, 0.3) is 0 Å². The Morgan fingerprint density at radius 1 is 1.34 bits per heavy atom. The molecule has 3 aliphatic carbocycles. The van der Waals surface area contributed by atoms with Gasteiger partial charge in [-0.2, -0.15) is 0 Å². The number of halogens is 1. The molecule has 3 aliphatic rings. The maximum atomic E-state index is 14.2. The van der Waals surface area contributed by atoms with Gasteiger partial charge < -0.3 is 10.8 Å². The third-order valence-corrected chi connectivity index (χ3v) is 8.57. The first-order chi connectivity index (χ1) is 15.1. The lowest BCUT2D eigenvalue weighted by Gasteiger charge is -2.42. The molecule has 5 unspecified atom stereocenters. The van der Waals surface area contributed by atoms with Crippen molar-refractivity contribution >= 4 is 0 Å². The van der Waals surface area contributed by atoms with Gasteiger partial charge in [-0.3, -0.25) is 0 Å². The Balaban J connectivity index is 1.73. The highest BCUT2D eigenvalue weighted by atomic mass is 19.1. The summed E-state index contributed by atoms with van der Waals surface area (Å²) in [4.78, 5) is 0. The molecule has 32 heavy (non-hydrogen) atoms. The third-order valence-electron chi connectivity index (χ3n) is 8.57. The van der Waals surface area contributed by atoms with E-state index in [0.29, 0.717) is 23.8 Å². The maximum Gasteiger partial charge on any atom is 0.126 e. The minimum absolute atomic E-state index is 0.108. The van der Waals surface area contributed by atoms with Crippen LogP contribution in [-0.2, 0) is 0 Å². The Labute approximate surface area is 195 Å². The van der Waals surface area contributed by atoms with Crippen molar-refractivity contribution in [2.45, 2.75) is 103 Å². The Hall–Kier alpha value is -1.45. The van der Waals surface area contributed by atoms with Crippen LogP contribution in [0.4, 0.5) is 4.39 Å². The average molecular weight is 442 g/mol. The zero-order valence-corrected chi connectivity index (χ0v) is 20.7. The van der Waals surface area contributed by atoms with E-state index in [1.807, 2.05) is 19.9 Å². The fraction of sp³-hybridized carbons (Fsp3) is 0.655. The molecule has 0 aromatic rings. The predicted molar refractivity (Wildman–Crippen MR) is 134 cm³/mol. The maximum absolute atomic E-state index is 14.2. The van der Waals surface area contributed by atoms with Crippen molar-refractivity contribution in [1.29, 1.82) is 0 Å². The molecule has 3 rings (SSSR count). The van der Waals surface area contributed by atoms with Crippen molar-refractivity contribution in [2.75, 3.05) is 0 Å². The summed E-state index contributed by atoms with van der Waals surface area (Å²) in [6.45, 7) is 12.8. The first-order valence-electron chi connectivity index (χ1n) is 12.7. The van der Waals surface area contributed by atoms with Crippen molar-refractivity contribution in [1.82, 2.24) is 0 Å². The molecule has 3 N–H and O–H groups in total. The molecule has 0 aromatic carbocycles. The highest BCUT2D eigenvalue weighted by molar-refractivity contribution is 5.40. The molecule has 0 aliphatic heterocycles. The Morgan fingerprint density at radius 2 is 2.06 bits per heavy atom. The smallest absolute Gasteiger partial charge is 0.126 e. The summed E-state index contributed by atoms with van der Waals surface area (Å²) in [5.41, 5.74) is 10.3. The van der Waals surface area contributed by atoms with Crippen molar-refractivity contribution in [3.63, 3.8) is 0 Å². The predicted octanol–water partition coefficient (Wildman–Crippen LogP) is 7.12. The van der Waals surface area contributed by atoms with Gasteiger partial charge in [-0.05, 0) is 86.2 Å². The summed E-state index contributed by atoms with van der Waals surface area (Å²) in [5, 5.41) is 10.5. The molecule has 0 bridgehead atoms. The summed E-state index contributed by atoms with van der Waals surface area (Å²) in [6.07, 6.45) is 18.3. The molecule has 3 heteroatoms. The first kappa shape index (κ1) is 25.2. The molecular formula is C29H44FNO. The van der Waals surface area contributed by atoms with Crippen molar-refractivity contribution in [3.05, 3.63) is 59.3 Å². The fourth-order valence-corrected chi connectivity index (χ4v) is 6.21. The molecule has 0 saturated heterocycles. The number of hydrogen-bond acceptors (Lipinski definition) is 2. The van der Waals surface area contributed by atoms with E-state index in [0.717, 1.165) is 44.1 Å². The van der Waals surface area contributed by atoms with Gasteiger partial charge in [0.25, 0.3) is 0 Å². The number of allylic oxidation sites excluding steroid dienone is 7. The second-order valence-electron chi connectivity index (χ2n) is 10.7. The zero-order valence-electron chi connectivity index (χ0n) is 20.7. The van der Waals surface area contributed by atoms with Crippen LogP contribution in [-0.4, -0.2) is 22.9 Å². The Kier molecular flexibility index (Phi) is 8.04. The first-order valence-corrected chi connectivity index (χ1v) is 12.7. The van der Waals surface area contributed by atoms with Crippen molar-refractivity contribution in [2.24, 2.45) is 23.0 Å². The Bertz CT molecular complexity index is 815. The van der Waals surface area contributed by atoms with Gasteiger partial charge in [-0.1, -0.05) is 75.8 Å². The summed E-state index contributed by atoms with van der Waals surface area (Å²) in [7, 11) is 0. The summed E-state index contributed by atoms with van der Waals surface area (Å²) < 4.78 is 14.2. The number of hydrogen-bond donors (Lipinski definition) is 2. The van der Waals surface area contributed by atoms with E-state index in [2.05, 4.69) is 44.7 Å². The average Bonchev–Trinajstić information content (AvgIpc) is 3.12. The number of nitrogens with two attached hydrogens (primary N) is 1. The summed E-state index contributed by atoms with van der Waals surface area (Å²) >= 11 is 0. The topological polar surface area (TPSA) is 46.2 Å². The molecule has 2 saturated carbocycles. The van der Waals surface area contributed by atoms with Gasteiger partial charge in [0.1, 0.15) is 6.17 Å². The van der Waals surface area contributed by atoms with Crippen LogP contribution in [0.5, 0.6) is 0 Å². The molecule has 0 aromatic heterocycles. The minimum atomic E-state index is -1.01. The lowest BCUT2D eigenvalue weighted by Crippen LogP contribution is -2.32. The molecule has 0 spiro atoms. The zero-order chi connectivity index (χ0) is 23.5. The van der Waals surface area contributed by atoms with E-state index in [9.17, 15) is 9.50 Å². The van der Waals surface area contributed by atoms with Gasteiger partial charge in [0, 0.05) is 6.04 Å². The molecule has 0 heterocycles. The van der Waals surface area contributed by atoms with Crippen molar-refractivity contribution in [3.8, 4) is 0 Å². The standard InChI is InChI=1S/C29H44FNO/c1-6-29(32,7-2)17-8-10-20(3)25-14-15-26-22(11-9-16-28(25,26)5)12-13-23-18-24(31)19-27(30)21(23)4/h8,12-14,17,20,24,26-27,32H,4,6-7,9-11,15-16,18-19,31H2,1-3,5H3. The highest BCUT2D eigenvalue weighted by Crippen LogP contribution is 2.57. The van der Waals surface area contributed by atoms with Gasteiger partial charge in [0.15, 0.2) is 0 Å². The van der Waals surface area contributed by atoms with Gasteiger partial charge in [-0.15, -0.1) is 0 Å². The van der Waals surface area contributed by atoms with Crippen molar-refractivity contribution < 1.29 is 9.50 Å². The molecule has 0 amide bonds. The van der Waals surface area contributed by atoms with Gasteiger partial charge >= 0.3 is 0 Å². The molecule has 2 nitrogen and oxygen atoms in total. The van der Waals surface area contributed by atoms with Crippen LogP contribution in [0.15, 0.2) is 59.3 Å². The third kappa shape index (κ3) is 5.20. The van der Waals surface area contributed by atoms with Gasteiger partial charge in [-0.25, -0.2) is 4.39 Å². The highest BCUT2D eigenvalue weighted by Gasteiger charge is 2.45. The van der Waals surface area contributed by atoms with Crippen LogP contribution in [0.2, 0.25) is 0 Å². The normalized spacial score (nSPS) is 34.9. The lowest BCUT2D eigenvalue weighted by atomic mass is 9.62. The van der Waals surface area contributed by atoms with E-state index < -0.39 is 11.8 Å². The Morgan fingerprint density at radius 3 is 2.75 bits per heavy atom. The van der Waals surface area contributed by atoms with Crippen LogP contribution in [0, 0.1) is 17.3 Å². The molecule has 2 fully saturated rings. The molecule has 0 radical (unpaired) electrons. The second-order valence-corrected chi connectivity index (χ2v) is 10.7. The van der Waals surface area contributed by atoms with Crippen LogP contribution >= 0.6 is 0 Å². The monoisotopic (exact) mass is 441 g/mol. The SMILES string of the molecule is C=C1C(=CC=C2CCCC3(C)C(C(C)CC=CC(O)(CC)CC)=CCC23)CC(N)CC1F. The quantitative estimate of drug-likeness (QED) is 0.413. The largest absolute Gasteiger partial charge is 0.386 e. The summed E-state index contributed by atoms with van der Waals surface area (Å²) in [6, 6.07) is -0.108. The lowest BCUT2D eigenvalue weighted by molar-refractivity contribution is 0.0824. The van der Waals surface area contributed by atoms with E-state index in [-0.39, 0.29) is 11.5 Å². The van der Waals surface area contributed by atoms with Crippen LogP contribution in [0.3, 0.4) is 0 Å². The second kappa shape index (κ2) is 10.2. The number of fused-ring (bicyclic) bond motifs is 1. The van der Waals surface area contributed by atoms with E-state index in [4.69, 9.17) is 5.73 Å². The number of alkyl halides is 1. The van der Waals surface area contributed by atoms with Gasteiger partial charge in [0.2, 0.25) is 0 Å². The van der Waals surface area contributed by atoms with Crippen LogP contribution in [0.1, 0.15) is 85.5 Å². The van der Waals surface area contributed by atoms with E-state index in [1.165, 1.54) is 18.4 Å². The fourth-order valence-electron chi connectivity index (χ4n) is 6.21. The van der Waals surface area contributed by atoms with Gasteiger partial charge in [0.05, 0.1) is 5.60 Å². The number of rotatable bonds is 7. The number of aliphatic hydroxyl groups is 1. The molecule has 5 atom stereocenters. The van der Waals surface area contributed by atoms with E-state index >= 15 is 0 Å². The minimum Gasteiger partial charge on any atom is -0.386 e. The molecule has 178 valence electrons. The van der Waals surface area contributed by atoms with Crippen LogP contribution < -0.4 is 5.73 Å². The molecular weight excluding hydrogens is 397 g/mol.